The van der Waals surface area contributed by atoms with Crippen molar-refractivity contribution in [3.63, 3.8) is 0 Å². The van der Waals surface area contributed by atoms with Crippen LogP contribution < -0.4 is 20.2 Å². The Balaban J connectivity index is 1.19. The van der Waals surface area contributed by atoms with E-state index in [1.807, 2.05) is 48.7 Å². The average Bonchev–Trinajstić information content (AvgIpc) is 3.47. The van der Waals surface area contributed by atoms with Gasteiger partial charge in [-0.05, 0) is 90.9 Å². The SMILES string of the molecule is CCOc1cc(/C=N\NC(=O)c2ccc(-c3csc(Nc4ccc(C)cc4)n3)cc2)cc(I)c1OCc1ccc(C)cc1. The fourth-order valence-corrected chi connectivity index (χ4v) is 5.67. The van der Waals surface area contributed by atoms with Gasteiger partial charge in [-0.2, -0.15) is 5.10 Å². The lowest BCUT2D eigenvalue weighted by Gasteiger charge is -2.15. The van der Waals surface area contributed by atoms with Crippen molar-refractivity contribution in [2.75, 3.05) is 11.9 Å². The number of hydrogen-bond acceptors (Lipinski definition) is 7. The molecular weight excluding hydrogens is 671 g/mol. The van der Waals surface area contributed by atoms with Gasteiger partial charge in [0.2, 0.25) is 0 Å². The Hall–Kier alpha value is -4.22. The van der Waals surface area contributed by atoms with Crippen molar-refractivity contribution in [1.82, 2.24) is 10.4 Å². The molecule has 0 unspecified atom stereocenters. The molecule has 5 aromatic rings. The smallest absolute Gasteiger partial charge is 0.271 e. The molecule has 1 aromatic heterocycles. The van der Waals surface area contributed by atoms with Crippen LogP contribution in [0.3, 0.4) is 0 Å². The van der Waals surface area contributed by atoms with Gasteiger partial charge in [-0.3, -0.25) is 4.79 Å². The summed E-state index contributed by atoms with van der Waals surface area (Å²) in [5.41, 5.74) is 10.1. The molecule has 9 heteroatoms. The number of carbonyl (C=O) groups excluding carboxylic acids is 1. The van der Waals surface area contributed by atoms with Gasteiger partial charge in [0.1, 0.15) is 6.61 Å². The summed E-state index contributed by atoms with van der Waals surface area (Å²) in [4.78, 5) is 17.4. The molecule has 2 N–H and O–H groups in total. The normalized spacial score (nSPS) is 11.0. The first kappa shape index (κ1) is 30.2. The van der Waals surface area contributed by atoms with E-state index < -0.39 is 0 Å². The molecule has 0 radical (unpaired) electrons. The predicted molar refractivity (Wildman–Crippen MR) is 183 cm³/mol. The third kappa shape index (κ3) is 8.20. The Morgan fingerprint density at radius 2 is 1.65 bits per heavy atom. The van der Waals surface area contributed by atoms with Crippen LogP contribution in [0.4, 0.5) is 10.8 Å². The number of halogens is 1. The Kier molecular flexibility index (Phi) is 10.1. The fourth-order valence-electron chi connectivity index (χ4n) is 4.15. The lowest BCUT2D eigenvalue weighted by atomic mass is 10.1. The summed E-state index contributed by atoms with van der Waals surface area (Å²) in [5.74, 6) is 1.01. The van der Waals surface area contributed by atoms with E-state index in [1.54, 1.807) is 18.3 Å². The molecule has 0 spiro atoms. The molecular formula is C34H31IN4O3S. The zero-order valence-corrected chi connectivity index (χ0v) is 27.0. The van der Waals surface area contributed by atoms with Crippen LogP contribution in [0.1, 0.15) is 39.5 Å². The minimum absolute atomic E-state index is 0.305. The van der Waals surface area contributed by atoms with E-state index in [2.05, 4.69) is 93.7 Å². The number of amides is 1. The van der Waals surface area contributed by atoms with Crippen LogP contribution in [0.15, 0.2) is 95.4 Å². The Morgan fingerprint density at radius 1 is 0.953 bits per heavy atom. The van der Waals surface area contributed by atoms with Crippen LogP contribution in [0.5, 0.6) is 11.5 Å². The van der Waals surface area contributed by atoms with E-state index in [1.165, 1.54) is 22.5 Å². The molecule has 0 bridgehead atoms. The van der Waals surface area contributed by atoms with Gasteiger partial charge < -0.3 is 14.8 Å². The number of hydrogen-bond donors (Lipinski definition) is 2. The zero-order valence-electron chi connectivity index (χ0n) is 24.1. The molecule has 5 rings (SSSR count). The van der Waals surface area contributed by atoms with Crippen LogP contribution >= 0.6 is 33.9 Å². The van der Waals surface area contributed by atoms with Gasteiger partial charge >= 0.3 is 0 Å². The maximum Gasteiger partial charge on any atom is 0.271 e. The van der Waals surface area contributed by atoms with Gasteiger partial charge in [0.15, 0.2) is 16.6 Å². The van der Waals surface area contributed by atoms with E-state index in [0.717, 1.165) is 36.8 Å². The Bertz CT molecular complexity index is 1720. The monoisotopic (exact) mass is 702 g/mol. The number of aromatic nitrogens is 1. The standard InChI is InChI=1S/C34H31IN4O3S/c1-4-41-31-18-25(17-29(35)32(31)42-20-24-9-5-22(2)6-10-24)19-36-39-33(40)27-13-11-26(12-14-27)30-21-43-34(38-30)37-28-15-7-23(3)8-16-28/h5-19,21H,4,20H2,1-3H3,(H,37,38)(H,39,40)/b36-19-. The number of ether oxygens (including phenoxy) is 2. The number of anilines is 2. The molecule has 0 saturated heterocycles. The lowest BCUT2D eigenvalue weighted by Crippen LogP contribution is -2.17. The Morgan fingerprint density at radius 3 is 2.35 bits per heavy atom. The molecule has 0 aliphatic heterocycles. The third-order valence-electron chi connectivity index (χ3n) is 6.47. The van der Waals surface area contributed by atoms with Crippen LogP contribution in [0.2, 0.25) is 0 Å². The third-order valence-corrected chi connectivity index (χ3v) is 8.02. The molecule has 43 heavy (non-hydrogen) atoms. The van der Waals surface area contributed by atoms with E-state index >= 15 is 0 Å². The maximum absolute atomic E-state index is 12.8. The van der Waals surface area contributed by atoms with Crippen LogP contribution in [-0.4, -0.2) is 23.7 Å². The van der Waals surface area contributed by atoms with Gasteiger partial charge in [0.05, 0.1) is 22.1 Å². The highest BCUT2D eigenvalue weighted by molar-refractivity contribution is 14.1. The maximum atomic E-state index is 12.8. The molecule has 218 valence electrons. The molecule has 1 amide bonds. The number of benzene rings is 4. The van der Waals surface area contributed by atoms with E-state index in [4.69, 9.17) is 9.47 Å². The number of rotatable bonds is 11. The largest absolute Gasteiger partial charge is 0.490 e. The van der Waals surface area contributed by atoms with Gasteiger partial charge in [-0.25, -0.2) is 10.4 Å². The first-order valence-corrected chi connectivity index (χ1v) is 15.7. The quantitative estimate of drug-likeness (QED) is 0.0820. The summed E-state index contributed by atoms with van der Waals surface area (Å²) >= 11 is 3.76. The molecule has 0 saturated carbocycles. The molecule has 1 heterocycles. The van der Waals surface area contributed by atoms with E-state index in [-0.39, 0.29) is 5.91 Å². The van der Waals surface area contributed by atoms with Crippen LogP contribution in [-0.2, 0) is 6.61 Å². The van der Waals surface area contributed by atoms with Crippen molar-refractivity contribution in [3.8, 4) is 22.8 Å². The second kappa shape index (κ2) is 14.3. The number of nitrogens with zero attached hydrogens (tertiary/aromatic N) is 2. The lowest BCUT2D eigenvalue weighted by molar-refractivity contribution is 0.0955. The predicted octanol–water partition coefficient (Wildman–Crippen LogP) is 8.52. The molecule has 0 aliphatic rings. The summed E-state index contributed by atoms with van der Waals surface area (Å²) in [7, 11) is 0. The highest BCUT2D eigenvalue weighted by Crippen LogP contribution is 2.34. The first-order chi connectivity index (χ1) is 20.9. The molecule has 0 aliphatic carbocycles. The van der Waals surface area contributed by atoms with Crippen molar-refractivity contribution >= 4 is 56.9 Å². The van der Waals surface area contributed by atoms with Crippen molar-refractivity contribution in [3.05, 3.63) is 122 Å². The van der Waals surface area contributed by atoms with Crippen LogP contribution in [0.25, 0.3) is 11.3 Å². The summed E-state index contributed by atoms with van der Waals surface area (Å²) in [6.45, 7) is 6.98. The molecule has 0 fully saturated rings. The Labute approximate surface area is 269 Å². The molecule has 4 aromatic carbocycles. The van der Waals surface area contributed by atoms with Gasteiger partial charge in [-0.1, -0.05) is 59.7 Å². The summed E-state index contributed by atoms with van der Waals surface area (Å²) in [5, 5.41) is 10.3. The first-order valence-electron chi connectivity index (χ1n) is 13.8. The number of carbonyl (C=O) groups is 1. The topological polar surface area (TPSA) is 84.8 Å². The molecule has 0 atom stereocenters. The number of nitrogens with one attached hydrogen (secondary N) is 2. The zero-order chi connectivity index (χ0) is 30.2. The van der Waals surface area contributed by atoms with Gasteiger partial charge in [0.25, 0.3) is 5.91 Å². The summed E-state index contributed by atoms with van der Waals surface area (Å²) in [6, 6.07) is 27.5. The van der Waals surface area contributed by atoms with Crippen molar-refractivity contribution in [2.24, 2.45) is 5.10 Å². The highest BCUT2D eigenvalue weighted by Gasteiger charge is 2.13. The second-order valence-corrected chi connectivity index (χ2v) is 11.9. The van der Waals surface area contributed by atoms with Gasteiger partial charge in [0, 0.05) is 22.2 Å². The fraction of sp³-hybridized carbons (Fsp3) is 0.147. The summed E-state index contributed by atoms with van der Waals surface area (Å²) in [6.07, 6.45) is 1.60. The minimum atomic E-state index is -0.305. The van der Waals surface area contributed by atoms with Crippen LogP contribution in [0, 0.1) is 17.4 Å². The number of thiazole rings is 1. The van der Waals surface area contributed by atoms with Gasteiger partial charge in [-0.15, -0.1) is 11.3 Å². The van der Waals surface area contributed by atoms with E-state index in [0.29, 0.717) is 30.3 Å². The molecule has 7 nitrogen and oxygen atoms in total. The number of aryl methyl sites for hydroxylation is 2. The van der Waals surface area contributed by atoms with Crippen molar-refractivity contribution in [2.45, 2.75) is 27.4 Å². The van der Waals surface area contributed by atoms with Crippen molar-refractivity contribution < 1.29 is 14.3 Å². The second-order valence-electron chi connectivity index (χ2n) is 9.84. The average molecular weight is 703 g/mol. The minimum Gasteiger partial charge on any atom is -0.490 e. The number of hydrazone groups is 1. The summed E-state index contributed by atoms with van der Waals surface area (Å²) < 4.78 is 12.9. The highest BCUT2D eigenvalue weighted by atomic mass is 127. The van der Waals surface area contributed by atoms with E-state index in [9.17, 15) is 4.79 Å². The van der Waals surface area contributed by atoms with Crippen molar-refractivity contribution in [1.29, 1.82) is 0 Å².